The maximum atomic E-state index is 13.0. The van der Waals surface area contributed by atoms with Gasteiger partial charge in [-0.25, -0.2) is 9.18 Å². The molecule has 4 rings (SSSR count). The Morgan fingerprint density at radius 2 is 1.62 bits per heavy atom. The number of Topliss-reactive ketones (excluding diaryl/α,β-unsaturated/α-hetero) is 1. The Bertz CT molecular complexity index is 836. The Morgan fingerprint density at radius 3 is 2.14 bits per heavy atom. The Kier molecular flexibility index (Phi) is 5.00. The summed E-state index contributed by atoms with van der Waals surface area (Å²) in [5, 5.41) is 0. The normalized spacial score (nSPS) is 28.8. The van der Waals surface area contributed by atoms with Gasteiger partial charge in [0, 0.05) is 5.56 Å². The molecule has 154 valence electrons. The molecule has 2 saturated carbocycles. The highest BCUT2D eigenvalue weighted by atomic mass is 19.1. The molecule has 3 fully saturated rings. The number of benzene rings is 1. The van der Waals surface area contributed by atoms with Crippen LogP contribution in [-0.4, -0.2) is 41.1 Å². The van der Waals surface area contributed by atoms with Crippen LogP contribution in [0, 0.1) is 35.4 Å². The van der Waals surface area contributed by atoms with Crippen molar-refractivity contribution in [2.75, 3.05) is 6.61 Å². The molecule has 2 aliphatic carbocycles. The van der Waals surface area contributed by atoms with Crippen LogP contribution in [0.3, 0.4) is 0 Å². The second kappa shape index (κ2) is 7.35. The van der Waals surface area contributed by atoms with Crippen LogP contribution in [0.15, 0.2) is 24.3 Å². The van der Waals surface area contributed by atoms with Gasteiger partial charge in [0.2, 0.25) is 11.8 Å². The van der Waals surface area contributed by atoms with Gasteiger partial charge in [-0.05, 0) is 61.3 Å². The fourth-order valence-corrected chi connectivity index (χ4v) is 5.32. The molecule has 0 unspecified atom stereocenters. The number of hydrogen-bond acceptors (Lipinski definition) is 5. The van der Waals surface area contributed by atoms with Crippen molar-refractivity contribution in [1.82, 2.24) is 4.90 Å². The molecule has 0 radical (unpaired) electrons. The number of ether oxygens (including phenoxy) is 1. The van der Waals surface area contributed by atoms with E-state index in [9.17, 15) is 23.6 Å². The standard InChI is InChI=1S/C22H24FNO5/c1-11(2)19(22(28)29-10-16(25)12-5-7-15(23)8-6-12)24-20(26)17-13-3-4-14(9-13)18(17)21(24)27/h5-8,11,13-14,17-19H,3-4,9-10H2,1-2H3/t13-,14-,17+,18+,19-/m1/s1. The lowest BCUT2D eigenvalue weighted by Gasteiger charge is -2.28. The first kappa shape index (κ1) is 19.7. The number of amides is 2. The maximum absolute atomic E-state index is 13.0. The highest BCUT2D eigenvalue weighted by Gasteiger charge is 2.62. The molecule has 1 aliphatic heterocycles. The number of esters is 1. The van der Waals surface area contributed by atoms with Gasteiger partial charge in [-0.2, -0.15) is 0 Å². The average Bonchev–Trinajstić information content (AvgIpc) is 3.36. The summed E-state index contributed by atoms with van der Waals surface area (Å²) >= 11 is 0. The van der Waals surface area contributed by atoms with Crippen LogP contribution >= 0.6 is 0 Å². The van der Waals surface area contributed by atoms with Crippen LogP contribution < -0.4 is 0 Å². The van der Waals surface area contributed by atoms with E-state index < -0.39 is 30.2 Å². The van der Waals surface area contributed by atoms with Gasteiger partial charge < -0.3 is 4.74 Å². The number of hydrogen-bond donors (Lipinski definition) is 0. The maximum Gasteiger partial charge on any atom is 0.330 e. The van der Waals surface area contributed by atoms with E-state index >= 15 is 0 Å². The topological polar surface area (TPSA) is 80.8 Å². The van der Waals surface area contributed by atoms with Gasteiger partial charge in [0.05, 0.1) is 11.8 Å². The van der Waals surface area contributed by atoms with Gasteiger partial charge >= 0.3 is 5.97 Å². The number of halogens is 1. The van der Waals surface area contributed by atoms with Crippen LogP contribution in [0.25, 0.3) is 0 Å². The summed E-state index contributed by atoms with van der Waals surface area (Å²) in [6, 6.07) is 3.90. The van der Waals surface area contributed by atoms with Gasteiger partial charge in [-0.3, -0.25) is 19.3 Å². The fourth-order valence-electron chi connectivity index (χ4n) is 5.32. The summed E-state index contributed by atoms with van der Waals surface area (Å²) in [7, 11) is 0. The van der Waals surface area contributed by atoms with Gasteiger partial charge in [0.25, 0.3) is 0 Å². The summed E-state index contributed by atoms with van der Waals surface area (Å²) in [6.45, 7) is 2.97. The van der Waals surface area contributed by atoms with Crippen molar-refractivity contribution in [3.05, 3.63) is 35.6 Å². The van der Waals surface area contributed by atoms with Crippen LogP contribution in [-0.2, 0) is 19.1 Å². The number of ketones is 1. The summed E-state index contributed by atoms with van der Waals surface area (Å²) in [4.78, 5) is 52.1. The Hall–Kier alpha value is -2.57. The third-order valence-electron chi connectivity index (χ3n) is 6.62. The van der Waals surface area contributed by atoms with E-state index in [0.717, 1.165) is 36.3 Å². The first-order valence-electron chi connectivity index (χ1n) is 10.1. The zero-order chi connectivity index (χ0) is 20.9. The Balaban J connectivity index is 1.47. The minimum atomic E-state index is -1.04. The first-order valence-corrected chi connectivity index (χ1v) is 10.1. The number of likely N-dealkylation sites (tertiary alicyclic amines) is 1. The monoisotopic (exact) mass is 401 g/mol. The molecule has 1 aromatic rings. The van der Waals surface area contributed by atoms with E-state index in [2.05, 4.69) is 0 Å². The predicted molar refractivity (Wildman–Crippen MR) is 100.0 cm³/mol. The lowest BCUT2D eigenvalue weighted by atomic mass is 9.81. The number of imide groups is 1. The zero-order valence-electron chi connectivity index (χ0n) is 16.5. The molecule has 6 nitrogen and oxygen atoms in total. The van der Waals surface area contributed by atoms with Crippen LogP contribution in [0.4, 0.5) is 4.39 Å². The molecule has 2 amide bonds. The molecule has 1 aromatic carbocycles. The van der Waals surface area contributed by atoms with E-state index in [1.54, 1.807) is 13.8 Å². The number of fused-ring (bicyclic) bond motifs is 5. The Morgan fingerprint density at radius 1 is 1.07 bits per heavy atom. The third kappa shape index (κ3) is 3.26. The minimum Gasteiger partial charge on any atom is -0.456 e. The molecule has 5 atom stereocenters. The smallest absolute Gasteiger partial charge is 0.330 e. The quantitative estimate of drug-likeness (QED) is 0.416. The van der Waals surface area contributed by atoms with Crippen molar-refractivity contribution < 1.29 is 28.3 Å². The average molecular weight is 401 g/mol. The van der Waals surface area contributed by atoms with E-state index in [4.69, 9.17) is 4.74 Å². The summed E-state index contributed by atoms with van der Waals surface area (Å²) in [5.41, 5.74) is 0.222. The summed E-state index contributed by atoms with van der Waals surface area (Å²) < 4.78 is 18.2. The summed E-state index contributed by atoms with van der Waals surface area (Å²) in [6.07, 6.45) is 2.84. The molecule has 1 heterocycles. The van der Waals surface area contributed by atoms with E-state index in [1.807, 2.05) is 0 Å². The van der Waals surface area contributed by atoms with Crippen molar-refractivity contribution in [3.63, 3.8) is 0 Å². The second-order valence-corrected chi connectivity index (χ2v) is 8.66. The molecule has 0 spiro atoms. The van der Waals surface area contributed by atoms with Crippen molar-refractivity contribution in [2.24, 2.45) is 29.6 Å². The molecule has 1 saturated heterocycles. The number of nitrogens with zero attached hydrogens (tertiary/aromatic N) is 1. The highest BCUT2D eigenvalue weighted by molar-refractivity contribution is 6.09. The lowest BCUT2D eigenvalue weighted by molar-refractivity contribution is -0.160. The summed E-state index contributed by atoms with van der Waals surface area (Å²) in [5.74, 6) is -2.74. The molecule has 0 N–H and O–H groups in total. The van der Waals surface area contributed by atoms with Crippen LogP contribution in [0.1, 0.15) is 43.5 Å². The van der Waals surface area contributed by atoms with Gasteiger partial charge in [-0.15, -0.1) is 0 Å². The van der Waals surface area contributed by atoms with Crippen molar-refractivity contribution in [1.29, 1.82) is 0 Å². The fraction of sp³-hybridized carbons (Fsp3) is 0.545. The first-order chi connectivity index (χ1) is 13.8. The zero-order valence-corrected chi connectivity index (χ0v) is 16.5. The third-order valence-corrected chi connectivity index (χ3v) is 6.62. The van der Waals surface area contributed by atoms with Crippen molar-refractivity contribution in [3.8, 4) is 0 Å². The number of carbonyl (C=O) groups is 4. The van der Waals surface area contributed by atoms with Crippen LogP contribution in [0.2, 0.25) is 0 Å². The molecule has 0 aromatic heterocycles. The molecule has 3 aliphatic rings. The molecular weight excluding hydrogens is 377 g/mol. The van der Waals surface area contributed by atoms with Crippen molar-refractivity contribution in [2.45, 2.75) is 39.2 Å². The second-order valence-electron chi connectivity index (χ2n) is 8.66. The largest absolute Gasteiger partial charge is 0.456 e. The highest BCUT2D eigenvalue weighted by Crippen LogP contribution is 2.56. The Labute approximate surface area is 168 Å². The molecule has 7 heteroatoms. The van der Waals surface area contributed by atoms with Crippen LogP contribution in [0.5, 0.6) is 0 Å². The SMILES string of the molecule is CC(C)[C@H](C(=O)OCC(=O)c1ccc(F)cc1)N1C(=O)[C@H]2[C@@H]3CC[C@H](C3)[C@@H]2C1=O. The molecular formula is C22H24FNO5. The molecule has 29 heavy (non-hydrogen) atoms. The van der Waals surface area contributed by atoms with E-state index in [0.29, 0.717) is 0 Å². The lowest BCUT2D eigenvalue weighted by Crippen LogP contribution is -2.50. The van der Waals surface area contributed by atoms with Crippen molar-refractivity contribution >= 4 is 23.6 Å². The van der Waals surface area contributed by atoms with Gasteiger partial charge in [0.15, 0.2) is 12.4 Å². The van der Waals surface area contributed by atoms with Gasteiger partial charge in [-0.1, -0.05) is 13.8 Å². The molecule has 2 bridgehead atoms. The van der Waals surface area contributed by atoms with Gasteiger partial charge in [0.1, 0.15) is 11.9 Å². The van der Waals surface area contributed by atoms with E-state index in [1.165, 1.54) is 12.1 Å². The number of carbonyl (C=O) groups excluding carboxylic acids is 4. The minimum absolute atomic E-state index is 0.222. The van der Waals surface area contributed by atoms with E-state index in [-0.39, 0.29) is 47.0 Å². The number of rotatable bonds is 6. The predicted octanol–water partition coefficient (Wildman–Crippen LogP) is 2.61.